The first-order valence-corrected chi connectivity index (χ1v) is 8.33. The second-order valence-electron chi connectivity index (χ2n) is 5.37. The van der Waals surface area contributed by atoms with Crippen LogP contribution in [0.1, 0.15) is 12.5 Å². The minimum atomic E-state index is -0.665. The summed E-state index contributed by atoms with van der Waals surface area (Å²) in [5.74, 6) is 0.807. The molecule has 2 N–H and O–H groups in total. The van der Waals surface area contributed by atoms with Gasteiger partial charge in [-0.3, -0.25) is 10.1 Å². The maximum atomic E-state index is 10.9. The lowest BCUT2D eigenvalue weighted by atomic mass is 10.2. The van der Waals surface area contributed by atoms with Crippen LogP contribution in [0.2, 0.25) is 0 Å². The van der Waals surface area contributed by atoms with Crippen LogP contribution in [0.15, 0.2) is 47.6 Å². The average molecular weight is 385 g/mol. The first-order chi connectivity index (χ1) is 13.0. The Morgan fingerprint density at radius 1 is 1.37 bits per heavy atom. The van der Waals surface area contributed by atoms with Crippen molar-refractivity contribution >= 4 is 24.1 Å². The number of nitrogens with zero attached hydrogens (tertiary/aromatic N) is 4. The van der Waals surface area contributed by atoms with Crippen LogP contribution in [0, 0.1) is 14.9 Å². The second kappa shape index (κ2) is 7.79. The number of hydrogen-bond acceptors (Lipinski definition) is 7. The van der Waals surface area contributed by atoms with E-state index in [9.17, 15) is 15.2 Å². The molecule has 10 heteroatoms. The molecule has 138 valence electrons. The fourth-order valence-corrected chi connectivity index (χ4v) is 2.52. The number of nitrogens with one attached hydrogen (secondary N) is 1. The van der Waals surface area contributed by atoms with Gasteiger partial charge in [-0.2, -0.15) is 14.9 Å². The highest BCUT2D eigenvalue weighted by Crippen LogP contribution is 2.26. The SMILES string of the molecule is CCOc1ccc(-c2n[nH]c(=S)n2/N=C\c2ccc(O)c([N+](=O)[O-])c2)cc1. The third-order valence-electron chi connectivity index (χ3n) is 3.59. The molecule has 1 aromatic heterocycles. The molecule has 0 fully saturated rings. The Hall–Kier alpha value is -3.53. The topological polar surface area (TPSA) is 119 Å². The zero-order valence-corrected chi connectivity index (χ0v) is 15.0. The quantitative estimate of drug-likeness (QED) is 0.290. The van der Waals surface area contributed by atoms with E-state index < -0.39 is 16.4 Å². The summed E-state index contributed by atoms with van der Waals surface area (Å²) in [7, 11) is 0. The molecule has 0 bridgehead atoms. The smallest absolute Gasteiger partial charge is 0.311 e. The fourth-order valence-electron chi connectivity index (χ4n) is 2.34. The number of hydrogen-bond donors (Lipinski definition) is 2. The Balaban J connectivity index is 1.93. The van der Waals surface area contributed by atoms with Crippen LogP contribution in [0.4, 0.5) is 5.69 Å². The van der Waals surface area contributed by atoms with Crippen molar-refractivity contribution in [3.05, 3.63) is 62.9 Å². The van der Waals surface area contributed by atoms with Gasteiger partial charge in [0.2, 0.25) is 4.77 Å². The molecule has 0 aliphatic heterocycles. The summed E-state index contributed by atoms with van der Waals surface area (Å²) < 4.78 is 7.09. The van der Waals surface area contributed by atoms with E-state index in [0.717, 1.165) is 11.3 Å². The van der Waals surface area contributed by atoms with Gasteiger partial charge in [0.05, 0.1) is 17.7 Å². The molecular weight excluding hydrogens is 370 g/mol. The molecular formula is C17H15N5O4S. The predicted molar refractivity (Wildman–Crippen MR) is 102 cm³/mol. The zero-order chi connectivity index (χ0) is 19.4. The number of aromatic nitrogens is 3. The minimum absolute atomic E-state index is 0.267. The molecule has 0 spiro atoms. The number of phenols is 1. The normalized spacial score (nSPS) is 11.0. The lowest BCUT2D eigenvalue weighted by Gasteiger charge is -2.04. The molecule has 0 amide bonds. The number of nitro groups is 1. The molecule has 0 saturated carbocycles. The van der Waals surface area contributed by atoms with Gasteiger partial charge in [-0.05, 0) is 55.5 Å². The molecule has 1 heterocycles. The Morgan fingerprint density at radius 3 is 2.78 bits per heavy atom. The molecule has 3 aromatic rings. The van der Waals surface area contributed by atoms with Gasteiger partial charge in [-0.1, -0.05) is 0 Å². The maximum Gasteiger partial charge on any atom is 0.311 e. The average Bonchev–Trinajstić information content (AvgIpc) is 3.02. The number of phenolic OH excluding ortho intramolecular Hbond substituents is 1. The van der Waals surface area contributed by atoms with Gasteiger partial charge >= 0.3 is 5.69 Å². The summed E-state index contributed by atoms with van der Waals surface area (Å²) in [6, 6.07) is 11.2. The summed E-state index contributed by atoms with van der Waals surface area (Å²) in [5, 5.41) is 31.6. The van der Waals surface area contributed by atoms with Crippen LogP contribution < -0.4 is 4.74 Å². The molecule has 0 aliphatic carbocycles. The first kappa shape index (κ1) is 18.3. The largest absolute Gasteiger partial charge is 0.502 e. The molecule has 0 unspecified atom stereocenters. The van der Waals surface area contributed by atoms with Crippen molar-refractivity contribution in [2.75, 3.05) is 6.61 Å². The zero-order valence-electron chi connectivity index (χ0n) is 14.2. The van der Waals surface area contributed by atoms with Crippen molar-refractivity contribution < 1.29 is 14.8 Å². The Labute approximate surface area is 158 Å². The number of H-pyrrole nitrogens is 1. The molecule has 0 radical (unpaired) electrons. The van der Waals surface area contributed by atoms with Gasteiger partial charge in [0.25, 0.3) is 0 Å². The molecule has 27 heavy (non-hydrogen) atoms. The third kappa shape index (κ3) is 4.01. The van der Waals surface area contributed by atoms with Gasteiger partial charge in [0.1, 0.15) is 5.75 Å². The lowest BCUT2D eigenvalue weighted by molar-refractivity contribution is -0.385. The van der Waals surface area contributed by atoms with Gasteiger partial charge < -0.3 is 9.84 Å². The summed E-state index contributed by atoms with van der Waals surface area (Å²) >= 11 is 5.20. The van der Waals surface area contributed by atoms with Gasteiger partial charge in [-0.25, -0.2) is 5.10 Å². The van der Waals surface area contributed by atoms with Gasteiger partial charge in [-0.15, -0.1) is 0 Å². The van der Waals surface area contributed by atoms with E-state index in [0.29, 0.717) is 18.0 Å². The van der Waals surface area contributed by atoms with E-state index in [2.05, 4.69) is 15.3 Å². The molecule has 2 aromatic carbocycles. The van der Waals surface area contributed by atoms with Crippen molar-refractivity contribution in [1.82, 2.24) is 14.9 Å². The molecule has 9 nitrogen and oxygen atoms in total. The fraction of sp³-hybridized carbons (Fsp3) is 0.118. The van der Waals surface area contributed by atoms with Crippen LogP contribution in [0.25, 0.3) is 11.4 Å². The molecule has 0 aliphatic rings. The number of benzene rings is 2. The maximum absolute atomic E-state index is 10.9. The van der Waals surface area contributed by atoms with Crippen LogP contribution >= 0.6 is 12.2 Å². The van der Waals surface area contributed by atoms with Crippen LogP contribution in [-0.2, 0) is 0 Å². The van der Waals surface area contributed by atoms with E-state index in [4.69, 9.17) is 17.0 Å². The summed E-state index contributed by atoms with van der Waals surface area (Å²) in [5.41, 5.74) is 0.793. The minimum Gasteiger partial charge on any atom is -0.502 e. The van der Waals surface area contributed by atoms with Crippen LogP contribution in [-0.4, -0.2) is 37.7 Å². The lowest BCUT2D eigenvalue weighted by Crippen LogP contribution is -1.96. The number of aromatic hydroxyl groups is 1. The van der Waals surface area contributed by atoms with E-state index in [1.165, 1.54) is 29.1 Å². The Morgan fingerprint density at radius 2 is 2.11 bits per heavy atom. The predicted octanol–water partition coefficient (Wildman–Crippen LogP) is 3.50. The van der Waals surface area contributed by atoms with Gasteiger partial charge in [0, 0.05) is 17.2 Å². The first-order valence-electron chi connectivity index (χ1n) is 7.92. The Bertz CT molecular complexity index is 1060. The number of aromatic amines is 1. The van der Waals surface area contributed by atoms with Gasteiger partial charge in [0.15, 0.2) is 11.6 Å². The van der Waals surface area contributed by atoms with E-state index in [1.54, 1.807) is 0 Å². The number of nitro benzene ring substituents is 1. The Kier molecular flexibility index (Phi) is 5.27. The molecule has 0 saturated heterocycles. The highest BCUT2D eigenvalue weighted by molar-refractivity contribution is 7.71. The summed E-state index contributed by atoms with van der Waals surface area (Å²) in [6.07, 6.45) is 1.40. The monoisotopic (exact) mass is 385 g/mol. The molecule has 3 rings (SSSR count). The van der Waals surface area contributed by atoms with Crippen molar-refractivity contribution in [3.63, 3.8) is 0 Å². The van der Waals surface area contributed by atoms with E-state index >= 15 is 0 Å². The van der Waals surface area contributed by atoms with Crippen molar-refractivity contribution in [3.8, 4) is 22.9 Å². The third-order valence-corrected chi connectivity index (χ3v) is 3.86. The highest BCUT2D eigenvalue weighted by Gasteiger charge is 2.13. The second-order valence-corrected chi connectivity index (χ2v) is 5.76. The van der Waals surface area contributed by atoms with Crippen LogP contribution in [0.3, 0.4) is 0 Å². The van der Waals surface area contributed by atoms with Crippen molar-refractivity contribution in [2.24, 2.45) is 5.10 Å². The number of ether oxygens (including phenoxy) is 1. The van der Waals surface area contributed by atoms with Crippen molar-refractivity contribution in [1.29, 1.82) is 0 Å². The summed E-state index contributed by atoms with van der Waals surface area (Å²) in [6.45, 7) is 2.47. The molecule has 0 atom stereocenters. The summed E-state index contributed by atoms with van der Waals surface area (Å²) in [4.78, 5) is 10.3. The standard InChI is InChI=1S/C17H15N5O4S/c1-2-26-13-6-4-12(5-7-13)16-19-20-17(27)21(16)18-10-11-3-8-15(23)14(9-11)22(24)25/h3-10,23H,2H2,1H3,(H,20,27)/b18-10-. The van der Waals surface area contributed by atoms with E-state index in [-0.39, 0.29) is 4.77 Å². The number of rotatable bonds is 6. The van der Waals surface area contributed by atoms with E-state index in [1.807, 2.05) is 31.2 Å². The van der Waals surface area contributed by atoms with Crippen LogP contribution in [0.5, 0.6) is 11.5 Å². The highest BCUT2D eigenvalue weighted by atomic mass is 32.1. The van der Waals surface area contributed by atoms with Crippen molar-refractivity contribution in [2.45, 2.75) is 6.92 Å².